The third-order valence-corrected chi connectivity index (χ3v) is 3.07. The van der Waals surface area contributed by atoms with Gasteiger partial charge in [-0.1, -0.05) is 12.1 Å². The largest absolute Gasteiger partial charge is 0.491 e. The summed E-state index contributed by atoms with van der Waals surface area (Å²) < 4.78 is 41.2. The van der Waals surface area contributed by atoms with Crippen LogP contribution < -0.4 is 10.1 Å². The lowest BCUT2D eigenvalue weighted by Crippen LogP contribution is -2.34. The summed E-state index contributed by atoms with van der Waals surface area (Å²) in [6.45, 7) is 1.29. The van der Waals surface area contributed by atoms with Crippen LogP contribution in [0.4, 0.5) is 13.2 Å². The van der Waals surface area contributed by atoms with Gasteiger partial charge in [-0.05, 0) is 44.5 Å². The van der Waals surface area contributed by atoms with Crippen molar-refractivity contribution in [2.45, 2.75) is 38.1 Å². The number of aliphatic hydroxyl groups is 1. The summed E-state index contributed by atoms with van der Waals surface area (Å²) in [7, 11) is 1.90. The Bertz CT molecular complexity index is 392. The summed E-state index contributed by atoms with van der Waals surface area (Å²) in [6, 6.07) is 7.27. The molecular formula is C14H20F3NO2. The molecule has 114 valence electrons. The number of aryl methyl sites for hydroxylation is 1. The van der Waals surface area contributed by atoms with E-state index < -0.39 is 18.9 Å². The van der Waals surface area contributed by atoms with E-state index in [9.17, 15) is 13.2 Å². The van der Waals surface area contributed by atoms with E-state index in [0.29, 0.717) is 11.8 Å². The van der Waals surface area contributed by atoms with Crippen LogP contribution in [0, 0.1) is 0 Å². The van der Waals surface area contributed by atoms with Crippen LogP contribution in [0.15, 0.2) is 24.3 Å². The van der Waals surface area contributed by atoms with Gasteiger partial charge < -0.3 is 15.2 Å². The zero-order valence-corrected chi connectivity index (χ0v) is 11.6. The number of hydrogen-bond acceptors (Lipinski definition) is 3. The van der Waals surface area contributed by atoms with Gasteiger partial charge in [0.2, 0.25) is 0 Å². The first-order valence-electron chi connectivity index (χ1n) is 6.46. The standard InChI is InChI=1S/C14H20F3NO2/c1-10(18-2)3-4-11-5-7-12(8-6-11)20-9-13(19)14(15,16)17/h5-8,10,13,18-19H,3-4,9H2,1-2H3. The average molecular weight is 291 g/mol. The number of halogens is 3. The summed E-state index contributed by atoms with van der Waals surface area (Å²) in [5, 5.41) is 12.0. The van der Waals surface area contributed by atoms with Gasteiger partial charge in [-0.15, -0.1) is 0 Å². The number of rotatable bonds is 7. The predicted molar refractivity (Wildman–Crippen MR) is 70.8 cm³/mol. The van der Waals surface area contributed by atoms with Gasteiger partial charge >= 0.3 is 6.18 Å². The molecule has 2 atom stereocenters. The van der Waals surface area contributed by atoms with Gasteiger partial charge in [-0.3, -0.25) is 0 Å². The molecule has 3 nitrogen and oxygen atoms in total. The summed E-state index contributed by atoms with van der Waals surface area (Å²) in [5.41, 5.74) is 1.09. The summed E-state index contributed by atoms with van der Waals surface area (Å²) in [6.07, 6.45) is -5.25. The molecule has 0 saturated heterocycles. The molecule has 0 fully saturated rings. The molecule has 1 aromatic rings. The van der Waals surface area contributed by atoms with E-state index in [1.807, 2.05) is 19.2 Å². The number of aliphatic hydroxyl groups excluding tert-OH is 1. The maximum absolute atomic E-state index is 12.1. The second-order valence-corrected chi connectivity index (χ2v) is 4.74. The van der Waals surface area contributed by atoms with Crippen molar-refractivity contribution >= 4 is 0 Å². The van der Waals surface area contributed by atoms with Crippen molar-refractivity contribution in [3.8, 4) is 5.75 Å². The Hall–Kier alpha value is -1.27. The Morgan fingerprint density at radius 1 is 1.25 bits per heavy atom. The smallest absolute Gasteiger partial charge is 0.417 e. The highest BCUT2D eigenvalue weighted by Crippen LogP contribution is 2.21. The van der Waals surface area contributed by atoms with Crippen molar-refractivity contribution in [1.82, 2.24) is 5.32 Å². The molecule has 0 saturated carbocycles. The fourth-order valence-electron chi connectivity index (χ4n) is 1.55. The van der Waals surface area contributed by atoms with Crippen LogP contribution in [0.5, 0.6) is 5.75 Å². The van der Waals surface area contributed by atoms with Gasteiger partial charge in [-0.2, -0.15) is 13.2 Å². The monoisotopic (exact) mass is 291 g/mol. The van der Waals surface area contributed by atoms with E-state index in [1.165, 1.54) is 0 Å². The minimum Gasteiger partial charge on any atom is -0.491 e. The Morgan fingerprint density at radius 2 is 1.85 bits per heavy atom. The molecule has 0 aliphatic carbocycles. The molecule has 0 bridgehead atoms. The Labute approximate surface area is 116 Å². The molecule has 0 spiro atoms. The molecular weight excluding hydrogens is 271 g/mol. The van der Waals surface area contributed by atoms with Crippen molar-refractivity contribution in [2.24, 2.45) is 0 Å². The van der Waals surface area contributed by atoms with E-state index in [4.69, 9.17) is 9.84 Å². The van der Waals surface area contributed by atoms with Crippen molar-refractivity contribution in [2.75, 3.05) is 13.7 Å². The van der Waals surface area contributed by atoms with E-state index in [0.717, 1.165) is 18.4 Å². The molecule has 1 rings (SSSR count). The fraction of sp³-hybridized carbons (Fsp3) is 0.571. The van der Waals surface area contributed by atoms with Crippen LogP contribution in [0.3, 0.4) is 0 Å². The zero-order valence-electron chi connectivity index (χ0n) is 11.6. The molecule has 2 N–H and O–H groups in total. The maximum atomic E-state index is 12.1. The average Bonchev–Trinajstić information content (AvgIpc) is 2.42. The number of ether oxygens (including phenoxy) is 1. The summed E-state index contributed by atoms with van der Waals surface area (Å²) in [4.78, 5) is 0. The van der Waals surface area contributed by atoms with Gasteiger partial charge in [0.1, 0.15) is 12.4 Å². The lowest BCUT2D eigenvalue weighted by Gasteiger charge is -2.15. The molecule has 0 amide bonds. The number of hydrogen-bond donors (Lipinski definition) is 2. The Kier molecular flexibility index (Phi) is 6.29. The predicted octanol–water partition coefficient (Wildman–Crippen LogP) is 2.53. The van der Waals surface area contributed by atoms with Crippen LogP contribution in [0.25, 0.3) is 0 Å². The van der Waals surface area contributed by atoms with Gasteiger partial charge in [0.05, 0.1) is 0 Å². The van der Waals surface area contributed by atoms with Crippen LogP contribution in [-0.4, -0.2) is 37.1 Å². The van der Waals surface area contributed by atoms with Crippen molar-refractivity contribution in [3.63, 3.8) is 0 Å². The summed E-state index contributed by atoms with van der Waals surface area (Å²) in [5.74, 6) is 0.318. The molecule has 2 unspecified atom stereocenters. The SMILES string of the molecule is CNC(C)CCc1ccc(OCC(O)C(F)(F)F)cc1. The van der Waals surface area contributed by atoms with Gasteiger partial charge in [0, 0.05) is 6.04 Å². The molecule has 0 aliphatic heterocycles. The lowest BCUT2D eigenvalue weighted by molar-refractivity contribution is -0.210. The van der Waals surface area contributed by atoms with Crippen LogP contribution >= 0.6 is 0 Å². The minimum absolute atomic E-state index is 0.318. The first kappa shape index (κ1) is 16.8. The van der Waals surface area contributed by atoms with Crippen LogP contribution in [0.2, 0.25) is 0 Å². The minimum atomic E-state index is -4.65. The third-order valence-electron chi connectivity index (χ3n) is 3.07. The zero-order chi connectivity index (χ0) is 15.2. The Morgan fingerprint density at radius 3 is 2.35 bits per heavy atom. The van der Waals surface area contributed by atoms with Crippen molar-refractivity contribution in [1.29, 1.82) is 0 Å². The van der Waals surface area contributed by atoms with Crippen LogP contribution in [-0.2, 0) is 6.42 Å². The van der Waals surface area contributed by atoms with E-state index in [-0.39, 0.29) is 0 Å². The Balaban J connectivity index is 2.43. The maximum Gasteiger partial charge on any atom is 0.417 e. The van der Waals surface area contributed by atoms with Crippen LogP contribution in [0.1, 0.15) is 18.9 Å². The normalized spacial score (nSPS) is 14.9. The third kappa shape index (κ3) is 5.79. The van der Waals surface area contributed by atoms with E-state index in [2.05, 4.69) is 12.2 Å². The highest BCUT2D eigenvalue weighted by atomic mass is 19.4. The van der Waals surface area contributed by atoms with Crippen molar-refractivity contribution in [3.05, 3.63) is 29.8 Å². The fourth-order valence-corrected chi connectivity index (χ4v) is 1.55. The highest BCUT2D eigenvalue weighted by molar-refractivity contribution is 5.27. The van der Waals surface area contributed by atoms with Gasteiger partial charge in [-0.25, -0.2) is 0 Å². The highest BCUT2D eigenvalue weighted by Gasteiger charge is 2.38. The molecule has 20 heavy (non-hydrogen) atoms. The molecule has 0 radical (unpaired) electrons. The second kappa shape index (κ2) is 7.50. The molecule has 0 aromatic heterocycles. The first-order valence-corrected chi connectivity index (χ1v) is 6.46. The van der Waals surface area contributed by atoms with Gasteiger partial charge in [0.25, 0.3) is 0 Å². The topological polar surface area (TPSA) is 41.5 Å². The number of nitrogens with one attached hydrogen (secondary N) is 1. The molecule has 1 aromatic carbocycles. The van der Waals surface area contributed by atoms with Gasteiger partial charge in [0.15, 0.2) is 6.10 Å². The van der Waals surface area contributed by atoms with Crippen molar-refractivity contribution < 1.29 is 23.0 Å². The van der Waals surface area contributed by atoms with E-state index >= 15 is 0 Å². The number of benzene rings is 1. The summed E-state index contributed by atoms with van der Waals surface area (Å²) >= 11 is 0. The molecule has 6 heteroatoms. The molecule has 0 aliphatic rings. The lowest BCUT2D eigenvalue weighted by atomic mass is 10.1. The number of alkyl halides is 3. The second-order valence-electron chi connectivity index (χ2n) is 4.74. The first-order chi connectivity index (χ1) is 9.32. The molecule has 0 heterocycles. The van der Waals surface area contributed by atoms with E-state index in [1.54, 1.807) is 12.1 Å². The quantitative estimate of drug-likeness (QED) is 0.811.